The second-order valence-corrected chi connectivity index (χ2v) is 6.07. The molecule has 158 valence electrons. The van der Waals surface area contributed by atoms with Crippen molar-refractivity contribution in [2.24, 2.45) is 4.99 Å². The summed E-state index contributed by atoms with van der Waals surface area (Å²) in [7, 11) is 4.86. The Hall–Kier alpha value is -2.49. The standard InChI is InChI=1S/C21H28N4O3.HI/c1-5-15-7-6-8-17(11-15)25-20(26)14-24-21(22-2)23-13-16-9-10-18(27-3)19(12-16)28-4;/h6-12H,5,13-14H2,1-4H3,(H,25,26)(H2,22,23,24);1H. The lowest BCUT2D eigenvalue weighted by Gasteiger charge is -2.14. The lowest BCUT2D eigenvalue weighted by atomic mass is 10.1. The summed E-state index contributed by atoms with van der Waals surface area (Å²) < 4.78 is 10.6. The van der Waals surface area contributed by atoms with Gasteiger partial charge in [0.2, 0.25) is 5.91 Å². The molecule has 0 aromatic heterocycles. The van der Waals surface area contributed by atoms with Crippen LogP contribution in [0.25, 0.3) is 0 Å². The van der Waals surface area contributed by atoms with Crippen molar-refractivity contribution in [2.45, 2.75) is 19.9 Å². The Bertz CT molecular complexity index is 827. The van der Waals surface area contributed by atoms with Crippen molar-refractivity contribution in [2.75, 3.05) is 33.1 Å². The molecule has 0 spiro atoms. The fraction of sp³-hybridized carbons (Fsp3) is 0.333. The third-order valence-electron chi connectivity index (χ3n) is 4.17. The highest BCUT2D eigenvalue weighted by atomic mass is 127. The molecule has 2 aromatic carbocycles. The van der Waals surface area contributed by atoms with E-state index in [4.69, 9.17) is 9.47 Å². The molecule has 0 aliphatic rings. The van der Waals surface area contributed by atoms with Crippen LogP contribution >= 0.6 is 24.0 Å². The number of aliphatic imine (C=N–C) groups is 1. The molecule has 1 amide bonds. The molecular weight excluding hydrogens is 483 g/mol. The Balaban J connectivity index is 0.00000420. The van der Waals surface area contributed by atoms with Crippen LogP contribution in [0.1, 0.15) is 18.1 Å². The smallest absolute Gasteiger partial charge is 0.243 e. The molecule has 7 nitrogen and oxygen atoms in total. The molecule has 0 bridgehead atoms. The maximum absolute atomic E-state index is 12.2. The first-order valence-corrected chi connectivity index (χ1v) is 9.13. The van der Waals surface area contributed by atoms with Gasteiger partial charge in [-0.3, -0.25) is 9.79 Å². The molecule has 8 heteroatoms. The first kappa shape index (κ1) is 24.5. The topological polar surface area (TPSA) is 84.0 Å². The minimum Gasteiger partial charge on any atom is -0.493 e. The number of guanidine groups is 1. The number of nitrogens with one attached hydrogen (secondary N) is 3. The Morgan fingerprint density at radius 2 is 1.76 bits per heavy atom. The highest BCUT2D eigenvalue weighted by Gasteiger charge is 2.07. The Morgan fingerprint density at radius 3 is 2.41 bits per heavy atom. The van der Waals surface area contributed by atoms with Gasteiger partial charge in [0.1, 0.15) is 0 Å². The number of halogens is 1. The van der Waals surface area contributed by atoms with E-state index in [0.29, 0.717) is 24.0 Å². The number of carbonyl (C=O) groups excluding carboxylic acids is 1. The molecule has 0 aliphatic carbocycles. The molecule has 0 saturated heterocycles. The van der Waals surface area contributed by atoms with Crippen molar-refractivity contribution in [1.29, 1.82) is 0 Å². The Labute approximate surface area is 189 Å². The van der Waals surface area contributed by atoms with E-state index >= 15 is 0 Å². The van der Waals surface area contributed by atoms with Gasteiger partial charge in [-0.15, -0.1) is 24.0 Å². The van der Waals surface area contributed by atoms with Crippen molar-refractivity contribution in [1.82, 2.24) is 10.6 Å². The van der Waals surface area contributed by atoms with Gasteiger partial charge in [0.15, 0.2) is 17.5 Å². The number of rotatable bonds is 8. The third-order valence-corrected chi connectivity index (χ3v) is 4.17. The van der Waals surface area contributed by atoms with Gasteiger partial charge < -0.3 is 25.4 Å². The van der Waals surface area contributed by atoms with Gasteiger partial charge in [-0.2, -0.15) is 0 Å². The second kappa shape index (κ2) is 12.9. The third kappa shape index (κ3) is 7.80. The van der Waals surface area contributed by atoms with Crippen LogP contribution in [0.2, 0.25) is 0 Å². The van der Waals surface area contributed by atoms with Crippen LogP contribution in [0.3, 0.4) is 0 Å². The normalized spacial score (nSPS) is 10.6. The number of nitrogens with zero attached hydrogens (tertiary/aromatic N) is 1. The molecular formula is C21H29IN4O3. The number of ether oxygens (including phenoxy) is 2. The fourth-order valence-corrected chi connectivity index (χ4v) is 2.64. The summed E-state index contributed by atoms with van der Waals surface area (Å²) in [6, 6.07) is 13.5. The van der Waals surface area contributed by atoms with E-state index in [0.717, 1.165) is 17.7 Å². The minimum absolute atomic E-state index is 0. The van der Waals surface area contributed by atoms with Gasteiger partial charge in [0.05, 0.1) is 20.8 Å². The van der Waals surface area contributed by atoms with Crippen LogP contribution in [0.4, 0.5) is 5.69 Å². The van der Waals surface area contributed by atoms with Gasteiger partial charge in [-0.1, -0.05) is 25.1 Å². The molecule has 0 atom stereocenters. The predicted molar refractivity (Wildman–Crippen MR) is 128 cm³/mol. The summed E-state index contributed by atoms with van der Waals surface area (Å²) in [6.07, 6.45) is 0.925. The zero-order chi connectivity index (χ0) is 20.4. The van der Waals surface area contributed by atoms with E-state index in [1.54, 1.807) is 21.3 Å². The number of methoxy groups -OCH3 is 2. The van der Waals surface area contributed by atoms with Crippen molar-refractivity contribution >= 4 is 41.5 Å². The fourth-order valence-electron chi connectivity index (χ4n) is 2.64. The number of hydrogen-bond acceptors (Lipinski definition) is 4. The number of anilines is 1. The Kier molecular flexibility index (Phi) is 10.9. The van der Waals surface area contributed by atoms with Gasteiger partial charge >= 0.3 is 0 Å². The Morgan fingerprint density at radius 1 is 1.00 bits per heavy atom. The molecule has 29 heavy (non-hydrogen) atoms. The number of aryl methyl sites for hydroxylation is 1. The SMILES string of the molecule is CCc1cccc(NC(=O)CNC(=NC)NCc2ccc(OC)c(OC)c2)c1.I. The van der Waals surface area contributed by atoms with E-state index in [1.165, 1.54) is 5.56 Å². The molecule has 0 unspecified atom stereocenters. The quantitative estimate of drug-likeness (QED) is 0.288. The van der Waals surface area contributed by atoms with Crippen LogP contribution in [0.5, 0.6) is 11.5 Å². The summed E-state index contributed by atoms with van der Waals surface area (Å²) in [6.45, 7) is 2.72. The first-order chi connectivity index (χ1) is 13.6. The lowest BCUT2D eigenvalue weighted by Crippen LogP contribution is -2.41. The summed E-state index contributed by atoms with van der Waals surface area (Å²) in [5.41, 5.74) is 2.97. The van der Waals surface area contributed by atoms with Crippen LogP contribution in [-0.2, 0) is 17.8 Å². The molecule has 0 fully saturated rings. The van der Waals surface area contributed by atoms with Crippen molar-refractivity contribution in [3.63, 3.8) is 0 Å². The van der Waals surface area contributed by atoms with Gasteiger partial charge in [0.25, 0.3) is 0 Å². The molecule has 0 saturated carbocycles. The van der Waals surface area contributed by atoms with E-state index in [2.05, 4.69) is 27.9 Å². The molecule has 0 heterocycles. The lowest BCUT2D eigenvalue weighted by molar-refractivity contribution is -0.115. The number of hydrogen-bond donors (Lipinski definition) is 3. The molecule has 0 aliphatic heterocycles. The average Bonchev–Trinajstić information content (AvgIpc) is 2.73. The van der Waals surface area contributed by atoms with E-state index < -0.39 is 0 Å². The second-order valence-electron chi connectivity index (χ2n) is 6.07. The maximum Gasteiger partial charge on any atom is 0.243 e. The van der Waals surface area contributed by atoms with Crippen molar-refractivity contribution in [3.05, 3.63) is 53.6 Å². The number of carbonyl (C=O) groups is 1. The van der Waals surface area contributed by atoms with Crippen molar-refractivity contribution < 1.29 is 14.3 Å². The minimum atomic E-state index is -0.137. The van der Waals surface area contributed by atoms with Crippen LogP contribution in [0, 0.1) is 0 Å². The largest absolute Gasteiger partial charge is 0.493 e. The van der Waals surface area contributed by atoms with Crippen LogP contribution in [-0.4, -0.2) is 39.7 Å². The summed E-state index contributed by atoms with van der Waals surface area (Å²) >= 11 is 0. The first-order valence-electron chi connectivity index (χ1n) is 9.13. The van der Waals surface area contributed by atoms with Gasteiger partial charge in [0, 0.05) is 19.3 Å². The highest BCUT2D eigenvalue weighted by molar-refractivity contribution is 14.0. The highest BCUT2D eigenvalue weighted by Crippen LogP contribution is 2.27. The van der Waals surface area contributed by atoms with Gasteiger partial charge in [-0.05, 0) is 41.8 Å². The van der Waals surface area contributed by atoms with Crippen LogP contribution in [0.15, 0.2) is 47.5 Å². The molecule has 0 radical (unpaired) electrons. The number of benzene rings is 2. The van der Waals surface area contributed by atoms with Gasteiger partial charge in [-0.25, -0.2) is 0 Å². The monoisotopic (exact) mass is 512 g/mol. The average molecular weight is 512 g/mol. The molecule has 2 aromatic rings. The molecule has 2 rings (SSSR count). The van der Waals surface area contributed by atoms with Crippen LogP contribution < -0.4 is 25.4 Å². The summed E-state index contributed by atoms with van der Waals surface area (Å²) in [5.74, 6) is 1.74. The zero-order valence-electron chi connectivity index (χ0n) is 17.2. The summed E-state index contributed by atoms with van der Waals surface area (Å²) in [4.78, 5) is 16.3. The number of amides is 1. The van der Waals surface area contributed by atoms with E-state index in [9.17, 15) is 4.79 Å². The molecule has 3 N–H and O–H groups in total. The predicted octanol–water partition coefficient (Wildman–Crippen LogP) is 3.19. The summed E-state index contributed by atoms with van der Waals surface area (Å²) in [5, 5.41) is 9.07. The maximum atomic E-state index is 12.2. The van der Waals surface area contributed by atoms with E-state index in [-0.39, 0.29) is 36.4 Å². The van der Waals surface area contributed by atoms with E-state index in [1.807, 2.05) is 42.5 Å². The van der Waals surface area contributed by atoms with Crippen molar-refractivity contribution in [3.8, 4) is 11.5 Å². The zero-order valence-corrected chi connectivity index (χ0v) is 19.6.